The third kappa shape index (κ3) is 1.85. The summed E-state index contributed by atoms with van der Waals surface area (Å²) in [7, 11) is 0. The standard InChI is InChI=1S/C8H16S2/c1-2-10-7-8(6-9)4-3-5-8/h9H,2-7H2,1H3. The van der Waals surface area contributed by atoms with Crippen LogP contribution in [0.15, 0.2) is 0 Å². The van der Waals surface area contributed by atoms with E-state index >= 15 is 0 Å². The lowest BCUT2D eigenvalue weighted by atomic mass is 9.72. The third-order valence-electron chi connectivity index (χ3n) is 2.36. The van der Waals surface area contributed by atoms with Gasteiger partial charge >= 0.3 is 0 Å². The smallest absolute Gasteiger partial charge is 0.000310 e. The Balaban J connectivity index is 2.20. The lowest BCUT2D eigenvalue weighted by molar-refractivity contribution is 0.205. The van der Waals surface area contributed by atoms with Gasteiger partial charge in [0.1, 0.15) is 0 Å². The van der Waals surface area contributed by atoms with Crippen molar-refractivity contribution in [3.8, 4) is 0 Å². The summed E-state index contributed by atoms with van der Waals surface area (Å²) in [5, 5.41) is 0. The molecule has 60 valence electrons. The molecule has 0 atom stereocenters. The van der Waals surface area contributed by atoms with Crippen molar-refractivity contribution in [3.63, 3.8) is 0 Å². The lowest BCUT2D eigenvalue weighted by Gasteiger charge is -2.40. The van der Waals surface area contributed by atoms with Crippen LogP contribution in [-0.4, -0.2) is 17.3 Å². The predicted octanol–water partition coefficient (Wildman–Crippen LogP) is 2.84. The number of rotatable bonds is 4. The van der Waals surface area contributed by atoms with Crippen LogP contribution in [0.25, 0.3) is 0 Å². The van der Waals surface area contributed by atoms with Crippen LogP contribution in [0, 0.1) is 5.41 Å². The molecule has 1 aliphatic rings. The molecule has 1 saturated carbocycles. The second kappa shape index (κ2) is 3.91. The van der Waals surface area contributed by atoms with Crippen LogP contribution in [0.2, 0.25) is 0 Å². The van der Waals surface area contributed by atoms with Crippen LogP contribution < -0.4 is 0 Å². The minimum absolute atomic E-state index is 0.643. The van der Waals surface area contributed by atoms with E-state index in [2.05, 4.69) is 31.3 Å². The van der Waals surface area contributed by atoms with E-state index in [1.807, 2.05) is 0 Å². The Morgan fingerprint density at radius 1 is 1.50 bits per heavy atom. The first-order chi connectivity index (χ1) is 4.83. The highest BCUT2D eigenvalue weighted by atomic mass is 32.2. The molecule has 0 aliphatic heterocycles. The molecule has 2 heteroatoms. The number of thioether (sulfide) groups is 1. The fourth-order valence-corrected chi connectivity index (χ4v) is 2.95. The minimum Gasteiger partial charge on any atom is -0.179 e. The summed E-state index contributed by atoms with van der Waals surface area (Å²) in [4.78, 5) is 0. The quantitative estimate of drug-likeness (QED) is 0.643. The predicted molar refractivity (Wildman–Crippen MR) is 53.1 cm³/mol. The summed E-state index contributed by atoms with van der Waals surface area (Å²) in [6.45, 7) is 2.23. The molecule has 0 amide bonds. The van der Waals surface area contributed by atoms with E-state index in [0.29, 0.717) is 5.41 Å². The Bertz CT molecular complexity index is 91.9. The molecule has 1 fully saturated rings. The summed E-state index contributed by atoms with van der Waals surface area (Å²) in [6, 6.07) is 0. The molecule has 10 heavy (non-hydrogen) atoms. The number of hydrogen-bond donors (Lipinski definition) is 1. The molecule has 0 aromatic heterocycles. The topological polar surface area (TPSA) is 0 Å². The summed E-state index contributed by atoms with van der Waals surface area (Å²) in [5.74, 6) is 3.70. The van der Waals surface area contributed by atoms with Gasteiger partial charge < -0.3 is 0 Å². The zero-order chi connectivity index (χ0) is 7.45. The van der Waals surface area contributed by atoms with Gasteiger partial charge in [0.05, 0.1) is 0 Å². The fraction of sp³-hybridized carbons (Fsp3) is 1.00. The van der Waals surface area contributed by atoms with Crippen molar-refractivity contribution >= 4 is 24.4 Å². The van der Waals surface area contributed by atoms with Crippen LogP contribution in [-0.2, 0) is 0 Å². The second-order valence-electron chi connectivity index (χ2n) is 3.15. The van der Waals surface area contributed by atoms with E-state index < -0.39 is 0 Å². The Morgan fingerprint density at radius 3 is 2.50 bits per heavy atom. The van der Waals surface area contributed by atoms with Gasteiger partial charge in [-0.15, -0.1) is 0 Å². The molecular weight excluding hydrogens is 160 g/mol. The van der Waals surface area contributed by atoms with Gasteiger partial charge in [-0.25, -0.2) is 0 Å². The Labute approximate surface area is 73.6 Å². The van der Waals surface area contributed by atoms with Gasteiger partial charge in [-0.05, 0) is 35.5 Å². The van der Waals surface area contributed by atoms with Crippen LogP contribution in [0.1, 0.15) is 26.2 Å². The molecule has 0 heterocycles. The zero-order valence-corrected chi connectivity index (χ0v) is 8.31. The van der Waals surface area contributed by atoms with Crippen molar-refractivity contribution in [2.75, 3.05) is 17.3 Å². The van der Waals surface area contributed by atoms with Crippen LogP contribution in [0.3, 0.4) is 0 Å². The molecule has 1 aliphatic carbocycles. The monoisotopic (exact) mass is 176 g/mol. The number of hydrogen-bond acceptors (Lipinski definition) is 2. The fourth-order valence-electron chi connectivity index (χ4n) is 1.34. The molecule has 0 saturated heterocycles. The maximum atomic E-state index is 4.39. The van der Waals surface area contributed by atoms with Gasteiger partial charge in [0, 0.05) is 0 Å². The van der Waals surface area contributed by atoms with Gasteiger partial charge in [0.2, 0.25) is 0 Å². The average Bonchev–Trinajstić information content (AvgIpc) is 1.87. The largest absolute Gasteiger partial charge is 0.179 e. The summed E-state index contributed by atoms with van der Waals surface area (Å²) in [6.07, 6.45) is 4.28. The van der Waals surface area contributed by atoms with Crippen molar-refractivity contribution in [2.24, 2.45) is 5.41 Å². The Kier molecular flexibility index (Phi) is 3.44. The molecule has 0 radical (unpaired) electrons. The lowest BCUT2D eigenvalue weighted by Crippen LogP contribution is -2.33. The van der Waals surface area contributed by atoms with E-state index in [0.717, 1.165) is 5.75 Å². The molecule has 0 bridgehead atoms. The normalized spacial score (nSPS) is 22.2. The highest BCUT2D eigenvalue weighted by Gasteiger charge is 2.34. The van der Waals surface area contributed by atoms with E-state index in [1.165, 1.54) is 30.8 Å². The van der Waals surface area contributed by atoms with Gasteiger partial charge in [0.15, 0.2) is 0 Å². The van der Waals surface area contributed by atoms with Crippen LogP contribution >= 0.6 is 24.4 Å². The minimum atomic E-state index is 0.643. The van der Waals surface area contributed by atoms with Gasteiger partial charge in [-0.3, -0.25) is 0 Å². The summed E-state index contributed by atoms with van der Waals surface area (Å²) in [5.41, 5.74) is 0.643. The molecule has 0 spiro atoms. The highest BCUT2D eigenvalue weighted by Crippen LogP contribution is 2.44. The van der Waals surface area contributed by atoms with E-state index in [1.54, 1.807) is 0 Å². The van der Waals surface area contributed by atoms with Crippen molar-refractivity contribution in [2.45, 2.75) is 26.2 Å². The first kappa shape index (κ1) is 8.79. The molecule has 0 aromatic carbocycles. The first-order valence-electron chi connectivity index (χ1n) is 4.01. The third-order valence-corrected chi connectivity index (χ3v) is 4.26. The summed E-state index contributed by atoms with van der Waals surface area (Å²) >= 11 is 6.46. The number of thiol groups is 1. The van der Waals surface area contributed by atoms with Gasteiger partial charge in [-0.1, -0.05) is 13.3 Å². The molecular formula is C8H16S2. The van der Waals surface area contributed by atoms with Crippen molar-refractivity contribution < 1.29 is 0 Å². The van der Waals surface area contributed by atoms with Crippen LogP contribution in [0.4, 0.5) is 0 Å². The van der Waals surface area contributed by atoms with Crippen LogP contribution in [0.5, 0.6) is 0 Å². The van der Waals surface area contributed by atoms with Crippen molar-refractivity contribution in [1.82, 2.24) is 0 Å². The SMILES string of the molecule is CCSCC1(CS)CCC1. The molecule has 0 aromatic rings. The zero-order valence-electron chi connectivity index (χ0n) is 6.60. The van der Waals surface area contributed by atoms with Crippen molar-refractivity contribution in [3.05, 3.63) is 0 Å². The first-order valence-corrected chi connectivity index (χ1v) is 5.80. The molecule has 0 unspecified atom stereocenters. The maximum absolute atomic E-state index is 4.39. The second-order valence-corrected chi connectivity index (χ2v) is 4.74. The Morgan fingerprint density at radius 2 is 2.20 bits per heavy atom. The van der Waals surface area contributed by atoms with Gasteiger partial charge in [-0.2, -0.15) is 24.4 Å². The van der Waals surface area contributed by atoms with E-state index in [9.17, 15) is 0 Å². The van der Waals surface area contributed by atoms with E-state index in [-0.39, 0.29) is 0 Å². The maximum Gasteiger partial charge on any atom is -0.000310 e. The molecule has 1 rings (SSSR count). The van der Waals surface area contributed by atoms with E-state index in [4.69, 9.17) is 0 Å². The summed E-state index contributed by atoms with van der Waals surface area (Å²) < 4.78 is 0. The average molecular weight is 176 g/mol. The van der Waals surface area contributed by atoms with Gasteiger partial charge in [0.25, 0.3) is 0 Å². The van der Waals surface area contributed by atoms with Crippen molar-refractivity contribution in [1.29, 1.82) is 0 Å². The molecule has 0 N–H and O–H groups in total. The Hall–Kier alpha value is 0.700. The molecule has 0 nitrogen and oxygen atoms in total. The highest BCUT2D eigenvalue weighted by molar-refractivity contribution is 7.99.